The largest absolute Gasteiger partial charge is 0.483 e. The van der Waals surface area contributed by atoms with Crippen LogP contribution in [0.25, 0.3) is 6.08 Å². The zero-order valence-corrected chi connectivity index (χ0v) is 13.8. The van der Waals surface area contributed by atoms with Gasteiger partial charge in [-0.3, -0.25) is 4.79 Å². The normalized spacial score (nSPS) is 31.4. The van der Waals surface area contributed by atoms with E-state index in [-0.39, 0.29) is 23.2 Å². The number of piperidine rings is 3. The molecule has 0 saturated carbocycles. The summed E-state index contributed by atoms with van der Waals surface area (Å²) in [5.41, 5.74) is 1.16. The van der Waals surface area contributed by atoms with Gasteiger partial charge in [0.25, 0.3) is 5.91 Å². The number of hydrogen-bond acceptors (Lipinski definition) is 4. The van der Waals surface area contributed by atoms with Crippen molar-refractivity contribution in [2.24, 2.45) is 5.92 Å². The molecule has 5 heterocycles. The fourth-order valence-electron chi connectivity index (χ4n) is 3.71. The molecule has 1 aromatic rings. The Morgan fingerprint density at radius 2 is 2.22 bits per heavy atom. The second-order valence-electron chi connectivity index (χ2n) is 6.62. The summed E-state index contributed by atoms with van der Waals surface area (Å²) in [5, 5.41) is 3.39. The van der Waals surface area contributed by atoms with Crippen LogP contribution in [-0.2, 0) is 0 Å². The number of ether oxygens (including phenoxy) is 1. The molecule has 0 aromatic carbocycles. The Morgan fingerprint density at radius 1 is 1.43 bits per heavy atom. The smallest absolute Gasteiger partial charge is 0.270 e. The van der Waals surface area contributed by atoms with E-state index in [0.29, 0.717) is 17.4 Å². The van der Waals surface area contributed by atoms with Crippen LogP contribution in [0.5, 0.6) is 5.75 Å². The molecule has 1 aromatic heterocycles. The van der Waals surface area contributed by atoms with E-state index in [0.717, 1.165) is 38.0 Å². The number of aromatic nitrogens is 1. The summed E-state index contributed by atoms with van der Waals surface area (Å²) in [6, 6.07) is 1.97. The van der Waals surface area contributed by atoms with Crippen LogP contribution in [0.4, 0.5) is 0 Å². The number of carbonyl (C=O) groups excluding carboxylic acids is 1. The van der Waals surface area contributed by atoms with Crippen LogP contribution in [-0.4, -0.2) is 47.6 Å². The maximum atomic E-state index is 12.6. The molecular formula is C17H20ClN3O2. The summed E-state index contributed by atoms with van der Waals surface area (Å²) in [5.74, 6) is 0.989. The molecule has 5 nitrogen and oxygen atoms in total. The first-order valence-electron chi connectivity index (χ1n) is 8.19. The molecule has 0 aliphatic carbocycles. The van der Waals surface area contributed by atoms with E-state index in [1.807, 2.05) is 19.1 Å². The topological polar surface area (TPSA) is 54.5 Å². The van der Waals surface area contributed by atoms with E-state index < -0.39 is 0 Å². The van der Waals surface area contributed by atoms with E-state index in [2.05, 4.69) is 15.2 Å². The van der Waals surface area contributed by atoms with Crippen LogP contribution < -0.4 is 10.1 Å². The Morgan fingerprint density at radius 3 is 2.91 bits per heavy atom. The predicted molar refractivity (Wildman–Crippen MR) is 88.8 cm³/mol. The second-order valence-corrected chi connectivity index (χ2v) is 6.97. The molecule has 122 valence electrons. The van der Waals surface area contributed by atoms with Crippen LogP contribution in [0, 0.1) is 5.92 Å². The van der Waals surface area contributed by atoms with Crippen molar-refractivity contribution < 1.29 is 9.53 Å². The third-order valence-electron chi connectivity index (χ3n) is 5.02. The van der Waals surface area contributed by atoms with Crippen molar-refractivity contribution in [3.63, 3.8) is 0 Å². The Labute approximate surface area is 140 Å². The Kier molecular flexibility index (Phi) is 3.77. The average molecular weight is 334 g/mol. The molecule has 1 amide bonds. The Balaban J connectivity index is 1.53. The first-order chi connectivity index (χ1) is 11.1. The molecule has 4 aliphatic heterocycles. The number of nitrogens with one attached hydrogen (secondary N) is 1. The molecule has 4 aliphatic rings. The quantitative estimate of drug-likeness (QED) is 0.844. The van der Waals surface area contributed by atoms with Crippen molar-refractivity contribution in [3.8, 4) is 5.75 Å². The molecule has 3 fully saturated rings. The molecule has 2 bridgehead atoms. The average Bonchev–Trinajstić information content (AvgIpc) is 2.56. The van der Waals surface area contributed by atoms with Gasteiger partial charge in [-0.25, -0.2) is 4.98 Å². The fraction of sp³-hybridized carbons (Fsp3) is 0.529. The molecule has 3 saturated heterocycles. The maximum absolute atomic E-state index is 12.6. The molecule has 2 atom stereocenters. The fourth-order valence-corrected chi connectivity index (χ4v) is 3.96. The third kappa shape index (κ3) is 2.83. The van der Waals surface area contributed by atoms with Gasteiger partial charge in [-0.2, -0.15) is 0 Å². The first-order valence-corrected chi connectivity index (χ1v) is 8.56. The molecule has 6 heteroatoms. The van der Waals surface area contributed by atoms with Crippen LogP contribution in [0.1, 0.15) is 35.8 Å². The molecule has 2 unspecified atom stereocenters. The van der Waals surface area contributed by atoms with Gasteiger partial charge in [0.15, 0.2) is 10.9 Å². The number of fused-ring (bicyclic) bond motifs is 4. The summed E-state index contributed by atoms with van der Waals surface area (Å²) in [7, 11) is 0. The standard InChI is InChI=1S/C17H20ClN3O2/c1-10-2-3-12-8-13(19-16(18)15(12)23-10)17(22)20-14-9-21-6-4-11(14)5-7-21/h2-3,8,10-11,14H,4-7,9H2,1H3,(H,20,22). The Bertz CT molecular complexity index is 668. The highest BCUT2D eigenvalue weighted by atomic mass is 35.5. The number of carbonyl (C=O) groups is 1. The summed E-state index contributed by atoms with van der Waals surface area (Å²) in [4.78, 5) is 19.2. The molecular weight excluding hydrogens is 314 g/mol. The van der Waals surface area contributed by atoms with Gasteiger partial charge in [0.1, 0.15) is 11.8 Å². The van der Waals surface area contributed by atoms with Crippen molar-refractivity contribution in [2.75, 3.05) is 19.6 Å². The monoisotopic (exact) mass is 333 g/mol. The van der Waals surface area contributed by atoms with Crippen LogP contribution in [0.3, 0.4) is 0 Å². The lowest BCUT2D eigenvalue weighted by Gasteiger charge is -2.44. The van der Waals surface area contributed by atoms with E-state index in [1.165, 1.54) is 0 Å². The van der Waals surface area contributed by atoms with Crippen molar-refractivity contribution in [2.45, 2.75) is 31.9 Å². The zero-order chi connectivity index (χ0) is 16.0. The lowest BCUT2D eigenvalue weighted by atomic mass is 9.84. The van der Waals surface area contributed by atoms with Gasteiger partial charge in [0.2, 0.25) is 0 Å². The Hall–Kier alpha value is -1.59. The summed E-state index contributed by atoms with van der Waals surface area (Å²) in [6.45, 7) is 5.18. The van der Waals surface area contributed by atoms with Gasteiger partial charge in [0, 0.05) is 18.2 Å². The summed E-state index contributed by atoms with van der Waals surface area (Å²) >= 11 is 6.20. The van der Waals surface area contributed by atoms with Crippen LogP contribution in [0.2, 0.25) is 5.15 Å². The minimum Gasteiger partial charge on any atom is -0.483 e. The van der Waals surface area contributed by atoms with Gasteiger partial charge in [-0.15, -0.1) is 0 Å². The van der Waals surface area contributed by atoms with Gasteiger partial charge < -0.3 is 15.0 Å². The number of hydrogen-bond donors (Lipinski definition) is 1. The van der Waals surface area contributed by atoms with Gasteiger partial charge in [0.05, 0.1) is 0 Å². The zero-order valence-electron chi connectivity index (χ0n) is 13.1. The van der Waals surface area contributed by atoms with E-state index in [9.17, 15) is 4.79 Å². The van der Waals surface area contributed by atoms with Crippen molar-refractivity contribution in [1.82, 2.24) is 15.2 Å². The van der Waals surface area contributed by atoms with Gasteiger partial charge in [-0.05, 0) is 50.9 Å². The van der Waals surface area contributed by atoms with E-state index in [1.54, 1.807) is 6.07 Å². The number of nitrogens with zero attached hydrogens (tertiary/aromatic N) is 2. The maximum Gasteiger partial charge on any atom is 0.270 e. The first kappa shape index (κ1) is 15.0. The van der Waals surface area contributed by atoms with E-state index >= 15 is 0 Å². The third-order valence-corrected chi connectivity index (χ3v) is 5.27. The highest BCUT2D eigenvalue weighted by Gasteiger charge is 2.35. The number of amides is 1. The highest BCUT2D eigenvalue weighted by molar-refractivity contribution is 6.31. The minimum absolute atomic E-state index is 0.0340. The lowest BCUT2D eigenvalue weighted by Crippen LogP contribution is -2.57. The molecule has 0 radical (unpaired) electrons. The van der Waals surface area contributed by atoms with Crippen molar-refractivity contribution in [1.29, 1.82) is 0 Å². The summed E-state index contributed by atoms with van der Waals surface area (Å²) < 4.78 is 5.67. The van der Waals surface area contributed by atoms with E-state index in [4.69, 9.17) is 16.3 Å². The van der Waals surface area contributed by atoms with Gasteiger partial charge in [-0.1, -0.05) is 17.7 Å². The lowest BCUT2D eigenvalue weighted by molar-refractivity contribution is 0.0617. The van der Waals surface area contributed by atoms with Crippen molar-refractivity contribution >= 4 is 23.6 Å². The van der Waals surface area contributed by atoms with Crippen LogP contribution >= 0.6 is 11.6 Å². The molecule has 0 spiro atoms. The highest BCUT2D eigenvalue weighted by Crippen LogP contribution is 2.33. The van der Waals surface area contributed by atoms with Crippen LogP contribution in [0.15, 0.2) is 12.1 Å². The SMILES string of the molecule is CC1C=Cc2cc(C(=O)NC3CN4CCC3CC4)nc(Cl)c2O1. The number of rotatable bonds is 2. The number of halogens is 1. The minimum atomic E-state index is -0.152. The van der Waals surface area contributed by atoms with Gasteiger partial charge >= 0.3 is 0 Å². The predicted octanol–water partition coefficient (Wildman–Crippen LogP) is 2.35. The molecule has 5 rings (SSSR count). The number of pyridine rings is 1. The van der Waals surface area contributed by atoms with Crippen molar-refractivity contribution in [3.05, 3.63) is 28.6 Å². The molecule has 1 N–H and O–H groups in total. The summed E-state index contributed by atoms with van der Waals surface area (Å²) in [6.07, 6.45) is 6.17. The molecule has 23 heavy (non-hydrogen) atoms. The second kappa shape index (κ2) is 5.80.